The second-order valence-corrected chi connectivity index (χ2v) is 3.79. The van der Waals surface area contributed by atoms with Gasteiger partial charge in [0.25, 0.3) is 0 Å². The van der Waals surface area contributed by atoms with Crippen LogP contribution >= 0.6 is 0 Å². The average molecular weight is 226 g/mol. The van der Waals surface area contributed by atoms with Gasteiger partial charge in [-0.25, -0.2) is 9.97 Å². The highest BCUT2D eigenvalue weighted by molar-refractivity contribution is 5.67. The van der Waals surface area contributed by atoms with Gasteiger partial charge in [-0.2, -0.15) is 0 Å². The van der Waals surface area contributed by atoms with E-state index in [4.69, 9.17) is 11.5 Å². The van der Waals surface area contributed by atoms with Crippen molar-refractivity contribution in [2.45, 2.75) is 6.92 Å². The van der Waals surface area contributed by atoms with Gasteiger partial charge in [0.2, 0.25) is 0 Å². The van der Waals surface area contributed by atoms with E-state index in [2.05, 4.69) is 9.97 Å². The Kier molecular flexibility index (Phi) is 3.05. The van der Waals surface area contributed by atoms with Gasteiger partial charge in [0.15, 0.2) is 5.82 Å². The molecule has 1 aromatic heterocycles. The number of rotatable bonds is 2. The van der Waals surface area contributed by atoms with Crippen molar-refractivity contribution >= 4 is 23.7 Å². The zero-order valence-corrected chi connectivity index (χ0v) is 9.59. The lowest BCUT2D eigenvalue weighted by Gasteiger charge is -1.98. The Morgan fingerprint density at radius 3 is 2.35 bits per heavy atom. The van der Waals surface area contributed by atoms with Crippen molar-refractivity contribution in [1.82, 2.24) is 9.97 Å². The van der Waals surface area contributed by atoms with Crippen LogP contribution in [0.4, 0.5) is 11.5 Å². The van der Waals surface area contributed by atoms with Gasteiger partial charge < -0.3 is 11.5 Å². The molecule has 86 valence electrons. The summed E-state index contributed by atoms with van der Waals surface area (Å²) in [6, 6.07) is 9.31. The molecule has 0 saturated carbocycles. The van der Waals surface area contributed by atoms with Crippen LogP contribution in [0.25, 0.3) is 12.2 Å². The van der Waals surface area contributed by atoms with Crippen LogP contribution < -0.4 is 11.5 Å². The predicted molar refractivity (Wildman–Crippen MR) is 71.0 cm³/mol. The minimum Gasteiger partial charge on any atom is -0.399 e. The zero-order chi connectivity index (χ0) is 12.3. The minimum absolute atomic E-state index is 0.481. The summed E-state index contributed by atoms with van der Waals surface area (Å²) in [4.78, 5) is 8.39. The van der Waals surface area contributed by atoms with Gasteiger partial charge in [-0.1, -0.05) is 18.2 Å². The maximum Gasteiger partial charge on any atom is 0.154 e. The molecule has 0 aliphatic heterocycles. The molecule has 0 spiro atoms. The Bertz CT molecular complexity index is 524. The van der Waals surface area contributed by atoms with Gasteiger partial charge in [-0.3, -0.25) is 0 Å². The predicted octanol–water partition coefficient (Wildman–Crippen LogP) is 2.12. The smallest absolute Gasteiger partial charge is 0.154 e. The van der Waals surface area contributed by atoms with Crippen molar-refractivity contribution in [3.05, 3.63) is 47.4 Å². The van der Waals surface area contributed by atoms with Gasteiger partial charge in [-0.15, -0.1) is 0 Å². The molecule has 2 rings (SSSR count). The number of nitrogen functional groups attached to an aromatic ring is 2. The van der Waals surface area contributed by atoms with Crippen molar-refractivity contribution < 1.29 is 0 Å². The molecule has 17 heavy (non-hydrogen) atoms. The van der Waals surface area contributed by atoms with Gasteiger partial charge in [0.05, 0.1) is 0 Å². The van der Waals surface area contributed by atoms with Crippen LogP contribution in [0, 0.1) is 6.92 Å². The van der Waals surface area contributed by atoms with E-state index < -0.39 is 0 Å². The number of anilines is 2. The first-order valence-electron chi connectivity index (χ1n) is 5.28. The number of aryl methyl sites for hydroxylation is 1. The molecule has 2 aromatic rings. The van der Waals surface area contributed by atoms with E-state index in [1.54, 1.807) is 6.07 Å². The lowest BCUT2D eigenvalue weighted by molar-refractivity contribution is 1.08. The number of nitrogens with two attached hydrogens (primary N) is 2. The van der Waals surface area contributed by atoms with Gasteiger partial charge >= 0.3 is 0 Å². The number of hydrogen-bond acceptors (Lipinski definition) is 4. The van der Waals surface area contributed by atoms with Crippen molar-refractivity contribution in [2.24, 2.45) is 0 Å². The van der Waals surface area contributed by atoms with E-state index in [0.29, 0.717) is 11.6 Å². The molecule has 4 heteroatoms. The summed E-state index contributed by atoms with van der Waals surface area (Å²) in [6.07, 6.45) is 3.75. The van der Waals surface area contributed by atoms with E-state index >= 15 is 0 Å². The van der Waals surface area contributed by atoms with Gasteiger partial charge in [-0.05, 0) is 30.7 Å². The Labute approximate surface area is 100 Å². The molecule has 0 saturated heterocycles. The van der Waals surface area contributed by atoms with E-state index in [9.17, 15) is 0 Å². The molecule has 4 N–H and O–H groups in total. The first kappa shape index (κ1) is 11.1. The highest BCUT2D eigenvalue weighted by atomic mass is 14.9. The number of hydrogen-bond donors (Lipinski definition) is 2. The maximum atomic E-state index is 5.65. The maximum absolute atomic E-state index is 5.65. The van der Waals surface area contributed by atoms with Crippen LogP contribution in [-0.2, 0) is 0 Å². The summed E-state index contributed by atoms with van der Waals surface area (Å²) in [5.41, 5.74) is 13.9. The fourth-order valence-corrected chi connectivity index (χ4v) is 1.47. The summed E-state index contributed by atoms with van der Waals surface area (Å²) in [6.45, 7) is 1.89. The standard InChI is InChI=1S/C13H14N4/c1-9-8-12(15)17-13(16-9)7-4-10-2-5-11(14)6-3-10/h2-8H,14H2,1H3,(H2,15,16,17)/b7-4+. The summed E-state index contributed by atoms with van der Waals surface area (Å²) in [5, 5.41) is 0. The van der Waals surface area contributed by atoms with Crippen molar-refractivity contribution in [2.75, 3.05) is 11.5 Å². The monoisotopic (exact) mass is 226 g/mol. The van der Waals surface area contributed by atoms with Crippen LogP contribution in [0.1, 0.15) is 17.1 Å². The third kappa shape index (κ3) is 3.04. The highest BCUT2D eigenvalue weighted by Gasteiger charge is 1.95. The fourth-order valence-electron chi connectivity index (χ4n) is 1.47. The normalized spacial score (nSPS) is 10.9. The third-order valence-corrected chi connectivity index (χ3v) is 2.25. The molecule has 1 heterocycles. The Morgan fingerprint density at radius 1 is 1.00 bits per heavy atom. The molecule has 1 aromatic carbocycles. The first-order valence-corrected chi connectivity index (χ1v) is 5.28. The lowest BCUT2D eigenvalue weighted by atomic mass is 10.2. The van der Waals surface area contributed by atoms with Crippen molar-refractivity contribution in [1.29, 1.82) is 0 Å². The molecule has 0 bridgehead atoms. The Morgan fingerprint density at radius 2 is 1.71 bits per heavy atom. The topological polar surface area (TPSA) is 77.8 Å². The fraction of sp³-hybridized carbons (Fsp3) is 0.0769. The van der Waals surface area contributed by atoms with E-state index in [1.165, 1.54) is 0 Å². The second kappa shape index (κ2) is 4.65. The molecule has 0 atom stereocenters. The van der Waals surface area contributed by atoms with Crippen LogP contribution in [0.5, 0.6) is 0 Å². The molecular weight excluding hydrogens is 212 g/mol. The quantitative estimate of drug-likeness (QED) is 0.769. The Hall–Kier alpha value is -2.36. The SMILES string of the molecule is Cc1cc(N)nc(/C=C/c2ccc(N)cc2)n1. The summed E-state index contributed by atoms with van der Waals surface area (Å²) in [5.74, 6) is 1.09. The molecule has 0 amide bonds. The summed E-state index contributed by atoms with van der Waals surface area (Å²) >= 11 is 0. The number of aromatic nitrogens is 2. The number of nitrogens with zero attached hydrogens (tertiary/aromatic N) is 2. The molecular formula is C13H14N4. The third-order valence-electron chi connectivity index (χ3n) is 2.25. The average Bonchev–Trinajstić information content (AvgIpc) is 2.27. The molecule has 0 aliphatic rings. The van der Waals surface area contributed by atoms with Crippen LogP contribution in [0.3, 0.4) is 0 Å². The zero-order valence-electron chi connectivity index (χ0n) is 9.59. The largest absolute Gasteiger partial charge is 0.399 e. The first-order chi connectivity index (χ1) is 8.13. The molecule has 0 unspecified atom stereocenters. The molecule has 0 aliphatic carbocycles. The summed E-state index contributed by atoms with van der Waals surface area (Å²) < 4.78 is 0. The van der Waals surface area contributed by atoms with Crippen LogP contribution in [0.15, 0.2) is 30.3 Å². The van der Waals surface area contributed by atoms with Crippen molar-refractivity contribution in [3.63, 3.8) is 0 Å². The Balaban J connectivity index is 2.22. The number of benzene rings is 1. The molecule has 4 nitrogen and oxygen atoms in total. The molecule has 0 radical (unpaired) electrons. The van der Waals surface area contributed by atoms with Crippen LogP contribution in [-0.4, -0.2) is 9.97 Å². The van der Waals surface area contributed by atoms with Crippen molar-refractivity contribution in [3.8, 4) is 0 Å². The van der Waals surface area contributed by atoms with E-state index in [0.717, 1.165) is 16.9 Å². The molecule has 0 fully saturated rings. The summed E-state index contributed by atoms with van der Waals surface area (Å²) in [7, 11) is 0. The van der Waals surface area contributed by atoms with Gasteiger partial charge in [0.1, 0.15) is 5.82 Å². The van der Waals surface area contributed by atoms with Gasteiger partial charge in [0, 0.05) is 17.4 Å². The second-order valence-electron chi connectivity index (χ2n) is 3.79. The lowest BCUT2D eigenvalue weighted by Crippen LogP contribution is -1.96. The van der Waals surface area contributed by atoms with E-state index in [1.807, 2.05) is 43.3 Å². The minimum atomic E-state index is 0.481. The van der Waals surface area contributed by atoms with Crippen LogP contribution in [0.2, 0.25) is 0 Å². The van der Waals surface area contributed by atoms with E-state index in [-0.39, 0.29) is 0 Å². The highest BCUT2D eigenvalue weighted by Crippen LogP contribution is 2.10.